The van der Waals surface area contributed by atoms with Gasteiger partial charge in [0.05, 0.1) is 12.1 Å². The van der Waals surface area contributed by atoms with Gasteiger partial charge in [-0.05, 0) is 37.0 Å². The van der Waals surface area contributed by atoms with Crippen molar-refractivity contribution in [2.45, 2.75) is 64.9 Å². The topological polar surface area (TPSA) is 81.4 Å². The molecule has 1 aliphatic heterocycles. The second-order valence-electron chi connectivity index (χ2n) is 9.09. The maximum atomic E-state index is 12.9. The molecular formula is C18H32N4O3Si. The fraction of sp³-hybridized carbons (Fsp3) is 0.722. The quantitative estimate of drug-likeness (QED) is 0.491. The number of amides is 1. The molecular weight excluding hydrogens is 348 g/mol. The minimum absolute atomic E-state index is 0.0528. The first-order valence-corrected chi connectivity index (χ1v) is 12.0. The van der Waals surface area contributed by atoms with E-state index in [0.717, 1.165) is 19.4 Å². The van der Waals surface area contributed by atoms with Crippen LogP contribution < -0.4 is 10.0 Å². The fourth-order valence-electron chi connectivity index (χ4n) is 2.64. The predicted octanol–water partition coefficient (Wildman–Crippen LogP) is 2.06. The molecule has 1 fully saturated rings. The van der Waals surface area contributed by atoms with E-state index in [-0.39, 0.29) is 23.1 Å². The second-order valence-corrected chi connectivity index (χ2v) is 13.9. The molecule has 0 aromatic carbocycles. The molecule has 1 aromatic rings. The first kappa shape index (κ1) is 20.8. The molecule has 0 unspecified atom stereocenters. The van der Waals surface area contributed by atoms with E-state index < -0.39 is 8.32 Å². The van der Waals surface area contributed by atoms with Gasteiger partial charge in [-0.15, -0.1) is 0 Å². The summed E-state index contributed by atoms with van der Waals surface area (Å²) in [5.41, 5.74) is 0.417. The minimum Gasteiger partial charge on any atom is -0.711 e. The molecule has 0 saturated carbocycles. The average molecular weight is 381 g/mol. The summed E-state index contributed by atoms with van der Waals surface area (Å²) in [5.74, 6) is -0.148. The zero-order valence-corrected chi connectivity index (χ0v) is 18.0. The molecule has 0 radical (unpaired) electrons. The van der Waals surface area contributed by atoms with Gasteiger partial charge in [-0.3, -0.25) is 4.79 Å². The van der Waals surface area contributed by atoms with Crippen LogP contribution in [0.25, 0.3) is 0 Å². The van der Waals surface area contributed by atoms with Gasteiger partial charge in [-0.2, -0.15) is 0 Å². The van der Waals surface area contributed by atoms with Crippen LogP contribution in [-0.2, 0) is 11.0 Å². The molecule has 2 rings (SSSR count). The van der Waals surface area contributed by atoms with Crippen molar-refractivity contribution in [2.75, 3.05) is 19.6 Å². The highest BCUT2D eigenvalue weighted by atomic mass is 28.4. The largest absolute Gasteiger partial charge is 0.711 e. The molecule has 1 amide bonds. The Morgan fingerprint density at radius 2 is 2.12 bits per heavy atom. The summed E-state index contributed by atoms with van der Waals surface area (Å²) >= 11 is 0. The first-order chi connectivity index (χ1) is 11.8. The van der Waals surface area contributed by atoms with Crippen LogP contribution in [0.5, 0.6) is 0 Å². The Morgan fingerprint density at radius 1 is 1.46 bits per heavy atom. The van der Waals surface area contributed by atoms with Gasteiger partial charge < -0.3 is 19.8 Å². The number of nitrogens with one attached hydrogen (secondary N) is 1. The molecule has 146 valence electrons. The molecule has 1 saturated heterocycles. The molecule has 0 atom stereocenters. The van der Waals surface area contributed by atoms with E-state index in [4.69, 9.17) is 4.43 Å². The van der Waals surface area contributed by atoms with Crippen molar-refractivity contribution in [3.63, 3.8) is 0 Å². The van der Waals surface area contributed by atoms with Gasteiger partial charge in [0.25, 0.3) is 12.2 Å². The van der Waals surface area contributed by atoms with Gasteiger partial charge in [0, 0.05) is 25.7 Å². The second kappa shape index (κ2) is 7.25. The van der Waals surface area contributed by atoms with Gasteiger partial charge in [0.1, 0.15) is 5.69 Å². The fourth-order valence-corrected chi connectivity index (χ4v) is 3.58. The van der Waals surface area contributed by atoms with E-state index in [1.54, 1.807) is 6.07 Å². The standard InChI is InChI=1S/C18H32N4O3Si/c1-17(2,3)26(6,7)25-11-14-10-15(20-13-22(14)24)16(23)21-9-8-19-12-18(21,4)5/h10,13,19H,8-9,11-12H2,1-7H3. The van der Waals surface area contributed by atoms with Crippen LogP contribution in [0.2, 0.25) is 18.1 Å². The predicted molar refractivity (Wildman–Crippen MR) is 103 cm³/mol. The van der Waals surface area contributed by atoms with Crippen LogP contribution in [0.3, 0.4) is 0 Å². The Balaban J connectivity index is 2.20. The zero-order chi connectivity index (χ0) is 19.8. The summed E-state index contributed by atoms with van der Waals surface area (Å²) in [4.78, 5) is 18.8. The van der Waals surface area contributed by atoms with E-state index in [0.29, 0.717) is 22.7 Å². The number of carbonyl (C=O) groups is 1. The van der Waals surface area contributed by atoms with Crippen LogP contribution in [0, 0.1) is 5.21 Å². The van der Waals surface area contributed by atoms with Gasteiger partial charge in [-0.25, -0.2) is 4.73 Å². The average Bonchev–Trinajstić information content (AvgIpc) is 2.52. The van der Waals surface area contributed by atoms with Crippen LogP contribution >= 0.6 is 0 Å². The Labute approximate surface area is 157 Å². The lowest BCUT2D eigenvalue weighted by molar-refractivity contribution is -0.619. The summed E-state index contributed by atoms with van der Waals surface area (Å²) in [5, 5.41) is 15.5. The SMILES string of the molecule is CC1(C)CNCCN1C(=O)c1cc(CO[Si](C)(C)C(C)(C)C)[n+]([O-])cn1. The molecule has 7 nitrogen and oxygen atoms in total. The summed E-state index contributed by atoms with van der Waals surface area (Å²) < 4.78 is 6.82. The highest BCUT2D eigenvalue weighted by Gasteiger charge is 2.38. The van der Waals surface area contributed by atoms with Gasteiger partial charge in [0.15, 0.2) is 8.32 Å². The lowest BCUT2D eigenvalue weighted by Gasteiger charge is -2.42. The number of nitrogens with zero attached hydrogens (tertiary/aromatic N) is 3. The van der Waals surface area contributed by atoms with Crippen LogP contribution in [0.15, 0.2) is 12.4 Å². The lowest BCUT2D eigenvalue weighted by Crippen LogP contribution is -2.60. The number of aromatic nitrogens is 2. The van der Waals surface area contributed by atoms with Crippen molar-refractivity contribution in [3.05, 3.63) is 29.0 Å². The summed E-state index contributed by atoms with van der Waals surface area (Å²) in [6.45, 7) is 17.1. The third kappa shape index (κ3) is 4.42. The van der Waals surface area contributed by atoms with E-state index in [9.17, 15) is 10.0 Å². The molecule has 0 spiro atoms. The molecule has 1 aliphatic rings. The molecule has 8 heteroatoms. The van der Waals surface area contributed by atoms with Crippen LogP contribution in [0.1, 0.15) is 50.8 Å². The maximum absolute atomic E-state index is 12.9. The molecule has 1 aromatic heterocycles. The van der Waals surface area contributed by atoms with Crippen molar-refractivity contribution >= 4 is 14.2 Å². The third-order valence-corrected chi connectivity index (χ3v) is 10.0. The normalized spacial score (nSPS) is 18.0. The molecule has 0 bridgehead atoms. The first-order valence-electron chi connectivity index (χ1n) is 9.10. The van der Waals surface area contributed by atoms with Gasteiger partial charge >= 0.3 is 0 Å². The highest BCUT2D eigenvalue weighted by molar-refractivity contribution is 6.74. The Kier molecular flexibility index (Phi) is 5.79. The van der Waals surface area contributed by atoms with E-state index in [1.807, 2.05) is 18.7 Å². The Morgan fingerprint density at radius 3 is 2.69 bits per heavy atom. The van der Waals surface area contributed by atoms with E-state index in [2.05, 4.69) is 44.2 Å². The van der Waals surface area contributed by atoms with Crippen molar-refractivity contribution in [1.29, 1.82) is 0 Å². The number of hydrogen-bond acceptors (Lipinski definition) is 5. The van der Waals surface area contributed by atoms with Crippen LogP contribution in [0.4, 0.5) is 0 Å². The Bertz CT molecular complexity index is 671. The third-order valence-electron chi connectivity index (χ3n) is 5.54. The monoisotopic (exact) mass is 380 g/mol. The highest BCUT2D eigenvalue weighted by Crippen LogP contribution is 2.36. The number of hydrogen-bond donors (Lipinski definition) is 1. The minimum atomic E-state index is -1.99. The summed E-state index contributed by atoms with van der Waals surface area (Å²) in [6.07, 6.45) is 1.16. The molecule has 0 aliphatic carbocycles. The van der Waals surface area contributed by atoms with Crippen molar-refractivity contribution < 1.29 is 14.0 Å². The molecule has 26 heavy (non-hydrogen) atoms. The van der Waals surface area contributed by atoms with Crippen molar-refractivity contribution in [1.82, 2.24) is 15.2 Å². The van der Waals surface area contributed by atoms with Gasteiger partial charge in [-0.1, -0.05) is 20.8 Å². The van der Waals surface area contributed by atoms with Crippen molar-refractivity contribution in [3.8, 4) is 0 Å². The van der Waals surface area contributed by atoms with Gasteiger partial charge in [0.2, 0.25) is 5.69 Å². The zero-order valence-electron chi connectivity index (χ0n) is 17.0. The number of rotatable bonds is 4. The molecule has 2 heterocycles. The lowest BCUT2D eigenvalue weighted by atomic mass is 9.99. The van der Waals surface area contributed by atoms with Crippen molar-refractivity contribution in [2.24, 2.45) is 0 Å². The van der Waals surface area contributed by atoms with E-state index >= 15 is 0 Å². The summed E-state index contributed by atoms with van der Waals surface area (Å²) in [7, 11) is -1.99. The number of piperazine rings is 1. The number of carbonyl (C=O) groups excluding carboxylic acids is 1. The smallest absolute Gasteiger partial charge is 0.298 e. The molecule has 1 N–H and O–H groups in total. The van der Waals surface area contributed by atoms with E-state index in [1.165, 1.54) is 0 Å². The Hall–Kier alpha value is -1.51. The maximum Gasteiger partial charge on any atom is 0.298 e. The van der Waals surface area contributed by atoms with Crippen LogP contribution in [-0.4, -0.2) is 49.3 Å². The summed E-state index contributed by atoms with van der Waals surface area (Å²) in [6, 6.07) is 1.57.